The third kappa shape index (κ3) is 2.33. The number of benzene rings is 1. The standard InChI is InChI=1S/C18H18N4O3/c23-16-18(8-7-11-3-1-2-4-13(11)9-18)20-17(24)22(16)10-14-19-15(21-25-14)12-5-6-12/h1-4,12H,5-10H2,(H,20,24)/t18-/m1/s1. The number of nitrogens with one attached hydrogen (secondary N) is 1. The number of aryl methyl sites for hydroxylation is 1. The number of hydrogen-bond acceptors (Lipinski definition) is 5. The van der Waals surface area contributed by atoms with Gasteiger partial charge in [0.1, 0.15) is 12.1 Å². The summed E-state index contributed by atoms with van der Waals surface area (Å²) in [4.78, 5) is 31.0. The Morgan fingerprint density at radius 1 is 1.24 bits per heavy atom. The first-order valence-electron chi connectivity index (χ1n) is 8.68. The fraction of sp³-hybridized carbons (Fsp3) is 0.444. The summed E-state index contributed by atoms with van der Waals surface area (Å²) in [5, 5.41) is 6.87. The van der Waals surface area contributed by atoms with E-state index < -0.39 is 5.54 Å². The van der Waals surface area contributed by atoms with Crippen molar-refractivity contribution < 1.29 is 14.1 Å². The maximum atomic E-state index is 13.0. The summed E-state index contributed by atoms with van der Waals surface area (Å²) < 4.78 is 5.22. The number of hydrogen-bond donors (Lipinski definition) is 1. The van der Waals surface area contributed by atoms with E-state index in [1.807, 2.05) is 18.2 Å². The van der Waals surface area contributed by atoms with Crippen LogP contribution in [0.15, 0.2) is 28.8 Å². The second-order valence-electron chi connectivity index (χ2n) is 7.17. The van der Waals surface area contributed by atoms with Crippen LogP contribution in [0.1, 0.15) is 48.0 Å². The zero-order chi connectivity index (χ0) is 17.0. The van der Waals surface area contributed by atoms with Crippen molar-refractivity contribution in [2.75, 3.05) is 0 Å². The summed E-state index contributed by atoms with van der Waals surface area (Å²) in [7, 11) is 0. The molecular weight excluding hydrogens is 320 g/mol. The fourth-order valence-electron chi connectivity index (χ4n) is 3.82. The average molecular weight is 338 g/mol. The van der Waals surface area contributed by atoms with Gasteiger partial charge < -0.3 is 9.84 Å². The molecular formula is C18H18N4O3. The number of imide groups is 1. The number of amides is 3. The predicted molar refractivity (Wildman–Crippen MR) is 86.6 cm³/mol. The van der Waals surface area contributed by atoms with E-state index in [1.54, 1.807) is 0 Å². The van der Waals surface area contributed by atoms with Gasteiger partial charge in [0.05, 0.1) is 0 Å². The fourth-order valence-corrected chi connectivity index (χ4v) is 3.82. The molecule has 1 aliphatic heterocycles. The Labute approximate surface area is 144 Å². The third-order valence-electron chi connectivity index (χ3n) is 5.40. The van der Waals surface area contributed by atoms with Gasteiger partial charge in [0.25, 0.3) is 5.91 Å². The summed E-state index contributed by atoms with van der Waals surface area (Å²) in [5.41, 5.74) is 1.53. The number of urea groups is 1. The summed E-state index contributed by atoms with van der Waals surface area (Å²) in [6.07, 6.45) is 4.07. The second-order valence-corrected chi connectivity index (χ2v) is 7.17. The van der Waals surface area contributed by atoms with E-state index in [1.165, 1.54) is 10.5 Å². The monoisotopic (exact) mass is 338 g/mol. The molecule has 2 aromatic rings. The predicted octanol–water partition coefficient (Wildman–Crippen LogP) is 1.93. The van der Waals surface area contributed by atoms with Gasteiger partial charge in [0.2, 0.25) is 5.89 Å². The normalized spacial score (nSPS) is 25.4. The second kappa shape index (κ2) is 5.15. The van der Waals surface area contributed by atoms with Gasteiger partial charge in [-0.1, -0.05) is 29.4 Å². The molecule has 1 N–H and O–H groups in total. The summed E-state index contributed by atoms with van der Waals surface area (Å²) in [6, 6.07) is 7.70. The van der Waals surface area contributed by atoms with Gasteiger partial charge in [-0.25, -0.2) is 4.79 Å². The van der Waals surface area contributed by atoms with Crippen molar-refractivity contribution in [3.8, 4) is 0 Å². The third-order valence-corrected chi connectivity index (χ3v) is 5.40. The molecule has 0 bridgehead atoms. The molecule has 128 valence electrons. The van der Waals surface area contributed by atoms with E-state index in [-0.39, 0.29) is 18.5 Å². The number of aromatic nitrogens is 2. The van der Waals surface area contributed by atoms with Gasteiger partial charge in [-0.05, 0) is 36.8 Å². The molecule has 1 aromatic heterocycles. The molecule has 3 aliphatic rings. The highest BCUT2D eigenvalue weighted by Gasteiger charge is 2.52. The molecule has 1 saturated carbocycles. The Bertz CT molecular complexity index is 873. The smallest absolute Gasteiger partial charge is 0.325 e. The Balaban J connectivity index is 1.38. The van der Waals surface area contributed by atoms with Crippen molar-refractivity contribution >= 4 is 11.9 Å². The largest absolute Gasteiger partial charge is 0.337 e. The van der Waals surface area contributed by atoms with Gasteiger partial charge in [-0.3, -0.25) is 9.69 Å². The van der Waals surface area contributed by atoms with Crippen LogP contribution >= 0.6 is 0 Å². The quantitative estimate of drug-likeness (QED) is 0.864. The van der Waals surface area contributed by atoms with E-state index >= 15 is 0 Å². The van der Waals surface area contributed by atoms with Gasteiger partial charge in [0.15, 0.2) is 5.82 Å². The first-order chi connectivity index (χ1) is 12.1. The Morgan fingerprint density at radius 3 is 2.84 bits per heavy atom. The molecule has 25 heavy (non-hydrogen) atoms. The van der Waals surface area contributed by atoms with Gasteiger partial charge in [-0.2, -0.15) is 4.98 Å². The lowest BCUT2D eigenvalue weighted by atomic mass is 9.78. The van der Waals surface area contributed by atoms with Crippen LogP contribution in [0.3, 0.4) is 0 Å². The minimum absolute atomic E-state index is 0.0355. The van der Waals surface area contributed by atoms with Crippen LogP contribution in [0, 0.1) is 0 Å². The molecule has 1 atom stereocenters. The van der Waals surface area contributed by atoms with Crippen molar-refractivity contribution in [3.05, 3.63) is 47.1 Å². The first-order valence-corrected chi connectivity index (χ1v) is 8.68. The molecule has 7 heteroatoms. The molecule has 2 heterocycles. The maximum Gasteiger partial charge on any atom is 0.325 e. The van der Waals surface area contributed by atoms with Gasteiger partial charge in [-0.15, -0.1) is 0 Å². The van der Waals surface area contributed by atoms with Crippen LogP contribution in [0.4, 0.5) is 4.79 Å². The van der Waals surface area contributed by atoms with Crippen LogP contribution in [0.25, 0.3) is 0 Å². The highest BCUT2D eigenvalue weighted by molar-refractivity contribution is 6.07. The number of rotatable bonds is 3. The zero-order valence-corrected chi connectivity index (χ0v) is 13.7. The number of nitrogens with zero attached hydrogens (tertiary/aromatic N) is 3. The Kier molecular flexibility index (Phi) is 3.01. The lowest BCUT2D eigenvalue weighted by Crippen LogP contribution is -2.51. The highest BCUT2D eigenvalue weighted by atomic mass is 16.5. The molecule has 1 spiro atoms. The maximum absolute atomic E-state index is 13.0. The van der Waals surface area contributed by atoms with Gasteiger partial charge >= 0.3 is 6.03 Å². The molecule has 1 saturated heterocycles. The van der Waals surface area contributed by atoms with Crippen LogP contribution in [0.2, 0.25) is 0 Å². The van der Waals surface area contributed by atoms with Crippen LogP contribution in [-0.2, 0) is 24.2 Å². The topological polar surface area (TPSA) is 88.3 Å². The summed E-state index contributed by atoms with van der Waals surface area (Å²) in [6.45, 7) is 0.0355. The molecule has 1 aromatic carbocycles. The first kappa shape index (κ1) is 14.6. The van der Waals surface area contributed by atoms with Crippen LogP contribution < -0.4 is 5.32 Å². The number of carbonyl (C=O) groups excluding carboxylic acids is 2. The van der Waals surface area contributed by atoms with Crippen molar-refractivity contribution in [1.29, 1.82) is 0 Å². The van der Waals surface area contributed by atoms with E-state index in [4.69, 9.17) is 4.52 Å². The minimum Gasteiger partial charge on any atom is -0.337 e. The molecule has 0 unspecified atom stereocenters. The SMILES string of the molecule is O=C1N[C@@]2(CCc3ccccc3C2)C(=O)N1Cc1nc(C2CC2)no1. The molecule has 5 rings (SSSR count). The van der Waals surface area contributed by atoms with Crippen LogP contribution in [0.5, 0.6) is 0 Å². The Hall–Kier alpha value is -2.70. The molecule has 0 radical (unpaired) electrons. The van der Waals surface area contributed by atoms with E-state index in [2.05, 4.69) is 21.5 Å². The minimum atomic E-state index is -0.842. The molecule has 7 nitrogen and oxygen atoms in total. The van der Waals surface area contributed by atoms with Crippen molar-refractivity contribution in [2.24, 2.45) is 0 Å². The molecule has 3 amide bonds. The Morgan fingerprint density at radius 2 is 2.04 bits per heavy atom. The van der Waals surface area contributed by atoms with Crippen molar-refractivity contribution in [1.82, 2.24) is 20.4 Å². The summed E-state index contributed by atoms with van der Waals surface area (Å²) >= 11 is 0. The van der Waals surface area contributed by atoms with Crippen molar-refractivity contribution in [2.45, 2.75) is 50.1 Å². The number of carbonyl (C=O) groups is 2. The van der Waals surface area contributed by atoms with Crippen LogP contribution in [-0.4, -0.2) is 32.5 Å². The van der Waals surface area contributed by atoms with E-state index in [0.717, 1.165) is 24.8 Å². The summed E-state index contributed by atoms with van der Waals surface area (Å²) in [5.74, 6) is 1.18. The van der Waals surface area contributed by atoms with E-state index in [0.29, 0.717) is 30.5 Å². The lowest BCUT2D eigenvalue weighted by Gasteiger charge is -2.32. The zero-order valence-electron chi connectivity index (χ0n) is 13.7. The lowest BCUT2D eigenvalue weighted by molar-refractivity contribution is -0.132. The molecule has 2 aliphatic carbocycles. The van der Waals surface area contributed by atoms with E-state index in [9.17, 15) is 9.59 Å². The molecule has 2 fully saturated rings. The van der Waals surface area contributed by atoms with Gasteiger partial charge in [0, 0.05) is 12.3 Å². The number of fused-ring (bicyclic) bond motifs is 1. The highest BCUT2D eigenvalue weighted by Crippen LogP contribution is 2.38. The van der Waals surface area contributed by atoms with Crippen molar-refractivity contribution in [3.63, 3.8) is 0 Å². The average Bonchev–Trinajstić information content (AvgIpc) is 3.33.